The van der Waals surface area contributed by atoms with Crippen LogP contribution in [0.15, 0.2) is 23.8 Å². The molecule has 0 spiro atoms. The van der Waals surface area contributed by atoms with Crippen LogP contribution in [0, 0.1) is 0 Å². The molecular weight excluding hydrogens is 336 g/mol. The molecule has 7 heteroatoms. The van der Waals surface area contributed by atoms with Gasteiger partial charge in [0.15, 0.2) is 0 Å². The Morgan fingerprint density at radius 3 is 2.72 bits per heavy atom. The van der Waals surface area contributed by atoms with Crippen molar-refractivity contribution in [3.05, 3.63) is 39.8 Å². The van der Waals surface area contributed by atoms with Crippen molar-refractivity contribution in [3.8, 4) is 0 Å². The van der Waals surface area contributed by atoms with Gasteiger partial charge in [0.25, 0.3) is 0 Å². The van der Waals surface area contributed by atoms with Gasteiger partial charge >= 0.3 is 0 Å². The lowest BCUT2D eigenvalue weighted by Gasteiger charge is -2.39. The Morgan fingerprint density at radius 2 is 2.00 bits per heavy atom. The standard InChI is InChI=1S/C18H22N4O2S/c1-20-9-14(8-19-20)15-11-22(12-15)18(24)3-2-17(23)21-6-4-16-13(10-21)5-7-25-16/h5,7-9,15H,2-4,6,10-12H2,1H3. The number of hydrogen-bond donors (Lipinski definition) is 0. The van der Waals surface area contributed by atoms with Crippen molar-refractivity contribution >= 4 is 23.2 Å². The molecule has 2 aliphatic rings. The molecule has 25 heavy (non-hydrogen) atoms. The zero-order chi connectivity index (χ0) is 17.4. The van der Waals surface area contributed by atoms with E-state index in [2.05, 4.69) is 16.5 Å². The van der Waals surface area contributed by atoms with E-state index in [9.17, 15) is 9.59 Å². The number of carbonyl (C=O) groups is 2. The van der Waals surface area contributed by atoms with Crippen molar-refractivity contribution in [2.24, 2.45) is 7.05 Å². The molecule has 1 fully saturated rings. The van der Waals surface area contributed by atoms with Crippen molar-refractivity contribution in [2.75, 3.05) is 19.6 Å². The van der Waals surface area contributed by atoms with Gasteiger partial charge in [0.2, 0.25) is 11.8 Å². The van der Waals surface area contributed by atoms with Crippen LogP contribution in [-0.4, -0.2) is 51.0 Å². The lowest BCUT2D eigenvalue weighted by Crippen LogP contribution is -2.48. The first-order chi connectivity index (χ1) is 12.1. The average Bonchev–Trinajstić information content (AvgIpc) is 3.19. The van der Waals surface area contributed by atoms with Crippen LogP contribution in [0.5, 0.6) is 0 Å². The van der Waals surface area contributed by atoms with Crippen LogP contribution in [0.3, 0.4) is 0 Å². The van der Waals surface area contributed by atoms with E-state index >= 15 is 0 Å². The molecule has 0 aromatic carbocycles. The molecule has 0 N–H and O–H groups in total. The molecule has 0 aliphatic carbocycles. The van der Waals surface area contributed by atoms with Gasteiger partial charge in [-0.15, -0.1) is 11.3 Å². The van der Waals surface area contributed by atoms with E-state index in [0.29, 0.717) is 25.3 Å². The Morgan fingerprint density at radius 1 is 1.24 bits per heavy atom. The molecule has 2 aromatic rings. The Kier molecular flexibility index (Phi) is 4.33. The SMILES string of the molecule is Cn1cc(C2CN(C(=O)CCC(=O)N3CCc4sccc4C3)C2)cn1. The van der Waals surface area contributed by atoms with Crippen molar-refractivity contribution in [3.63, 3.8) is 0 Å². The fraction of sp³-hybridized carbons (Fsp3) is 0.500. The summed E-state index contributed by atoms with van der Waals surface area (Å²) in [6.07, 6.45) is 5.43. The predicted octanol–water partition coefficient (Wildman–Crippen LogP) is 1.77. The summed E-state index contributed by atoms with van der Waals surface area (Å²) in [6.45, 7) is 2.94. The minimum atomic E-state index is 0.0849. The van der Waals surface area contributed by atoms with E-state index in [1.165, 1.54) is 16.0 Å². The maximum Gasteiger partial charge on any atom is 0.223 e. The lowest BCUT2D eigenvalue weighted by molar-refractivity contribution is -0.140. The van der Waals surface area contributed by atoms with Crippen LogP contribution in [0.4, 0.5) is 0 Å². The Hall–Kier alpha value is -2.15. The Bertz CT molecular complexity index is 791. The summed E-state index contributed by atoms with van der Waals surface area (Å²) in [4.78, 5) is 29.8. The van der Waals surface area contributed by atoms with Gasteiger partial charge in [0.1, 0.15) is 0 Å². The van der Waals surface area contributed by atoms with Gasteiger partial charge < -0.3 is 9.80 Å². The van der Waals surface area contributed by atoms with Crippen LogP contribution in [0.1, 0.15) is 34.8 Å². The predicted molar refractivity (Wildman–Crippen MR) is 95.2 cm³/mol. The van der Waals surface area contributed by atoms with E-state index in [1.807, 2.05) is 29.2 Å². The van der Waals surface area contributed by atoms with Crippen LogP contribution in [-0.2, 0) is 29.6 Å². The second kappa shape index (κ2) is 6.63. The number of rotatable bonds is 4. The normalized spacial score (nSPS) is 17.3. The molecule has 2 amide bonds. The van der Waals surface area contributed by atoms with Crippen LogP contribution in [0.25, 0.3) is 0 Å². The number of nitrogens with zero attached hydrogens (tertiary/aromatic N) is 4. The van der Waals surface area contributed by atoms with Gasteiger partial charge in [-0.25, -0.2) is 0 Å². The number of amides is 2. The number of aryl methyl sites for hydroxylation is 1. The van der Waals surface area contributed by atoms with Crippen LogP contribution in [0.2, 0.25) is 0 Å². The van der Waals surface area contributed by atoms with E-state index in [0.717, 1.165) is 26.1 Å². The monoisotopic (exact) mass is 358 g/mol. The van der Waals surface area contributed by atoms with E-state index < -0.39 is 0 Å². The summed E-state index contributed by atoms with van der Waals surface area (Å²) >= 11 is 1.77. The van der Waals surface area contributed by atoms with Gasteiger partial charge in [0, 0.05) is 63.1 Å². The highest BCUT2D eigenvalue weighted by Crippen LogP contribution is 2.28. The van der Waals surface area contributed by atoms with E-state index in [-0.39, 0.29) is 11.8 Å². The highest BCUT2D eigenvalue weighted by molar-refractivity contribution is 7.10. The third kappa shape index (κ3) is 3.33. The summed E-state index contributed by atoms with van der Waals surface area (Å²) in [7, 11) is 1.90. The summed E-state index contributed by atoms with van der Waals surface area (Å²) in [6, 6.07) is 2.10. The molecule has 0 bridgehead atoms. The Labute approximate surface area is 151 Å². The third-order valence-electron chi connectivity index (χ3n) is 5.14. The second-order valence-electron chi connectivity index (χ2n) is 6.88. The zero-order valence-electron chi connectivity index (χ0n) is 14.4. The molecule has 1 saturated heterocycles. The second-order valence-corrected chi connectivity index (χ2v) is 7.88. The highest BCUT2D eigenvalue weighted by Gasteiger charge is 2.32. The lowest BCUT2D eigenvalue weighted by atomic mass is 9.93. The maximum absolute atomic E-state index is 12.4. The summed E-state index contributed by atoms with van der Waals surface area (Å²) in [5.74, 6) is 0.559. The maximum atomic E-state index is 12.4. The molecule has 0 atom stereocenters. The first-order valence-corrected chi connectivity index (χ1v) is 9.57. The van der Waals surface area contributed by atoms with Gasteiger partial charge in [-0.05, 0) is 29.0 Å². The third-order valence-corrected chi connectivity index (χ3v) is 6.17. The van der Waals surface area contributed by atoms with Crippen molar-refractivity contribution in [1.29, 1.82) is 0 Å². The fourth-order valence-electron chi connectivity index (χ4n) is 3.54. The molecule has 0 saturated carbocycles. The first-order valence-electron chi connectivity index (χ1n) is 8.69. The zero-order valence-corrected chi connectivity index (χ0v) is 15.2. The fourth-order valence-corrected chi connectivity index (χ4v) is 4.43. The number of aromatic nitrogens is 2. The quantitative estimate of drug-likeness (QED) is 0.837. The topological polar surface area (TPSA) is 58.4 Å². The minimum Gasteiger partial charge on any atom is -0.341 e. The average molecular weight is 358 g/mol. The molecule has 4 heterocycles. The molecule has 2 aromatic heterocycles. The van der Waals surface area contributed by atoms with E-state index in [1.54, 1.807) is 16.0 Å². The molecule has 0 radical (unpaired) electrons. The minimum absolute atomic E-state index is 0.0849. The summed E-state index contributed by atoms with van der Waals surface area (Å²) < 4.78 is 1.79. The van der Waals surface area contributed by atoms with Gasteiger partial charge in [-0.2, -0.15) is 5.10 Å². The van der Waals surface area contributed by atoms with Gasteiger partial charge in [0.05, 0.1) is 6.20 Å². The molecule has 6 nitrogen and oxygen atoms in total. The molecular formula is C18H22N4O2S. The number of hydrogen-bond acceptors (Lipinski definition) is 4. The molecule has 4 rings (SSSR count). The summed E-state index contributed by atoms with van der Waals surface area (Å²) in [5, 5.41) is 6.26. The van der Waals surface area contributed by atoms with Crippen LogP contribution >= 0.6 is 11.3 Å². The van der Waals surface area contributed by atoms with Gasteiger partial charge in [-0.1, -0.05) is 0 Å². The van der Waals surface area contributed by atoms with Crippen LogP contribution < -0.4 is 0 Å². The smallest absolute Gasteiger partial charge is 0.223 e. The number of thiophene rings is 1. The number of likely N-dealkylation sites (tertiary alicyclic amines) is 1. The largest absolute Gasteiger partial charge is 0.341 e. The highest BCUT2D eigenvalue weighted by atomic mass is 32.1. The van der Waals surface area contributed by atoms with E-state index in [4.69, 9.17) is 0 Å². The first kappa shape index (κ1) is 16.3. The Balaban J connectivity index is 1.22. The molecule has 0 unspecified atom stereocenters. The summed E-state index contributed by atoms with van der Waals surface area (Å²) in [5.41, 5.74) is 2.44. The number of fused-ring (bicyclic) bond motifs is 1. The van der Waals surface area contributed by atoms with Crippen molar-refractivity contribution in [2.45, 2.75) is 31.7 Å². The molecule has 132 valence electrons. The molecule has 2 aliphatic heterocycles. The number of carbonyl (C=O) groups excluding carboxylic acids is 2. The van der Waals surface area contributed by atoms with Crippen molar-refractivity contribution < 1.29 is 9.59 Å². The van der Waals surface area contributed by atoms with Crippen molar-refractivity contribution in [1.82, 2.24) is 19.6 Å². The van der Waals surface area contributed by atoms with Gasteiger partial charge in [-0.3, -0.25) is 14.3 Å².